The van der Waals surface area contributed by atoms with E-state index in [0.717, 1.165) is 16.8 Å². The fraction of sp³-hybridized carbons (Fsp3) is 0.167. The van der Waals surface area contributed by atoms with Crippen LogP contribution in [-0.4, -0.2) is 16.0 Å². The summed E-state index contributed by atoms with van der Waals surface area (Å²) in [6.07, 6.45) is 0. The number of aromatic nitrogens is 2. The van der Waals surface area contributed by atoms with Gasteiger partial charge in [0.2, 0.25) is 5.76 Å². The zero-order valence-corrected chi connectivity index (χ0v) is 13.4. The molecule has 0 aliphatic carbocycles. The number of H-pyrrole nitrogens is 1. The molecule has 0 aliphatic heterocycles. The quantitative estimate of drug-likeness (QED) is 0.772. The monoisotopic (exact) mass is 323 g/mol. The summed E-state index contributed by atoms with van der Waals surface area (Å²) in [5.41, 5.74) is 3.40. The lowest BCUT2D eigenvalue weighted by molar-refractivity contribution is 0.0914. The molecule has 0 saturated carbocycles. The smallest absolute Gasteiger partial charge is 0.290 e. The van der Waals surface area contributed by atoms with Crippen LogP contribution in [0.2, 0.25) is 0 Å². The van der Waals surface area contributed by atoms with E-state index in [1.54, 1.807) is 6.07 Å². The molecule has 0 atom stereocenters. The molecule has 6 heteroatoms. The number of carbonyl (C=O) groups excluding carboxylic acids is 1. The van der Waals surface area contributed by atoms with Crippen molar-refractivity contribution in [2.75, 3.05) is 0 Å². The Bertz CT molecular complexity index is 926. The molecule has 3 rings (SSSR count). The molecule has 0 unspecified atom stereocenters. The lowest BCUT2D eigenvalue weighted by Gasteiger charge is -2.06. The van der Waals surface area contributed by atoms with E-state index in [9.17, 15) is 9.59 Å². The molecular formula is C18H17N3O3. The van der Waals surface area contributed by atoms with E-state index in [4.69, 9.17) is 4.52 Å². The Hall–Kier alpha value is -3.15. The molecule has 24 heavy (non-hydrogen) atoms. The van der Waals surface area contributed by atoms with Crippen molar-refractivity contribution in [2.45, 2.75) is 20.4 Å². The van der Waals surface area contributed by atoms with Crippen LogP contribution in [0.1, 0.15) is 27.4 Å². The normalized spacial score (nSPS) is 10.6. The number of nitrogens with zero attached hydrogens (tertiary/aromatic N) is 1. The fourth-order valence-corrected chi connectivity index (χ4v) is 2.48. The average molecular weight is 323 g/mol. The number of nitrogens with one attached hydrogen (secondary N) is 2. The van der Waals surface area contributed by atoms with E-state index in [1.807, 2.05) is 50.2 Å². The van der Waals surface area contributed by atoms with Gasteiger partial charge in [-0.15, -0.1) is 0 Å². The minimum absolute atomic E-state index is 0.107. The van der Waals surface area contributed by atoms with Crippen molar-refractivity contribution in [1.29, 1.82) is 0 Å². The molecule has 1 amide bonds. The van der Waals surface area contributed by atoms with Crippen molar-refractivity contribution in [3.63, 3.8) is 0 Å². The summed E-state index contributed by atoms with van der Waals surface area (Å²) in [7, 11) is 0. The Morgan fingerprint density at radius 2 is 1.96 bits per heavy atom. The lowest BCUT2D eigenvalue weighted by atomic mass is 10.1. The summed E-state index contributed by atoms with van der Waals surface area (Å²) in [6, 6.07) is 12.9. The van der Waals surface area contributed by atoms with Gasteiger partial charge >= 0.3 is 0 Å². The molecule has 0 aliphatic rings. The molecule has 0 saturated heterocycles. The molecule has 2 heterocycles. The van der Waals surface area contributed by atoms with Crippen LogP contribution in [0.25, 0.3) is 11.3 Å². The molecule has 0 bridgehead atoms. The lowest BCUT2D eigenvalue weighted by Crippen LogP contribution is -2.27. The third kappa shape index (κ3) is 3.27. The van der Waals surface area contributed by atoms with Crippen LogP contribution < -0.4 is 10.9 Å². The molecule has 1 aromatic carbocycles. The van der Waals surface area contributed by atoms with Gasteiger partial charge in [0.15, 0.2) is 0 Å². The Balaban J connectivity index is 1.73. The van der Waals surface area contributed by atoms with Gasteiger partial charge in [0.25, 0.3) is 11.5 Å². The van der Waals surface area contributed by atoms with E-state index in [1.165, 1.54) is 0 Å². The zero-order valence-electron chi connectivity index (χ0n) is 13.4. The molecule has 0 spiro atoms. The van der Waals surface area contributed by atoms with Crippen molar-refractivity contribution in [3.05, 3.63) is 75.4 Å². The molecule has 3 aromatic rings. The Morgan fingerprint density at radius 1 is 1.21 bits per heavy atom. The van der Waals surface area contributed by atoms with Crippen molar-refractivity contribution >= 4 is 5.91 Å². The van der Waals surface area contributed by atoms with Gasteiger partial charge in [0.05, 0.1) is 0 Å². The fourth-order valence-electron chi connectivity index (χ4n) is 2.48. The maximum absolute atomic E-state index is 12.2. The van der Waals surface area contributed by atoms with Crippen molar-refractivity contribution in [2.24, 2.45) is 0 Å². The summed E-state index contributed by atoms with van der Waals surface area (Å²) in [4.78, 5) is 26.9. The number of aryl methyl sites for hydroxylation is 2. The number of rotatable bonds is 4. The van der Waals surface area contributed by atoms with Crippen molar-refractivity contribution in [1.82, 2.24) is 15.5 Å². The molecule has 2 aromatic heterocycles. The summed E-state index contributed by atoms with van der Waals surface area (Å²) >= 11 is 0. The number of pyridine rings is 1. The second-order valence-electron chi connectivity index (χ2n) is 5.57. The van der Waals surface area contributed by atoms with Crippen LogP contribution in [0.4, 0.5) is 0 Å². The van der Waals surface area contributed by atoms with Gasteiger partial charge in [-0.2, -0.15) is 0 Å². The summed E-state index contributed by atoms with van der Waals surface area (Å²) < 4.78 is 5.10. The van der Waals surface area contributed by atoms with Crippen LogP contribution in [0.15, 0.2) is 51.8 Å². The number of hydrogen-bond donors (Lipinski definition) is 2. The van der Waals surface area contributed by atoms with E-state index < -0.39 is 5.91 Å². The molecule has 0 fully saturated rings. The van der Waals surface area contributed by atoms with Crippen LogP contribution in [0.5, 0.6) is 0 Å². The maximum Gasteiger partial charge on any atom is 0.290 e. The van der Waals surface area contributed by atoms with Crippen molar-refractivity contribution < 1.29 is 9.32 Å². The number of amides is 1. The highest BCUT2D eigenvalue weighted by Crippen LogP contribution is 2.18. The van der Waals surface area contributed by atoms with Gasteiger partial charge in [-0.1, -0.05) is 35.5 Å². The van der Waals surface area contributed by atoms with Gasteiger partial charge in [-0.25, -0.2) is 0 Å². The summed E-state index contributed by atoms with van der Waals surface area (Å²) in [6.45, 7) is 3.78. The second-order valence-corrected chi connectivity index (χ2v) is 5.57. The van der Waals surface area contributed by atoms with Gasteiger partial charge in [-0.3, -0.25) is 9.59 Å². The van der Waals surface area contributed by atoms with Gasteiger partial charge in [-0.05, 0) is 25.5 Å². The van der Waals surface area contributed by atoms with Gasteiger partial charge < -0.3 is 14.8 Å². The average Bonchev–Trinajstić information content (AvgIpc) is 3.04. The third-order valence-electron chi connectivity index (χ3n) is 3.72. The zero-order chi connectivity index (χ0) is 17.1. The first kappa shape index (κ1) is 15.7. The first-order valence-electron chi connectivity index (χ1n) is 7.54. The molecule has 122 valence electrons. The first-order chi connectivity index (χ1) is 11.5. The van der Waals surface area contributed by atoms with Gasteiger partial charge in [0, 0.05) is 29.4 Å². The molecule has 6 nitrogen and oxygen atoms in total. The van der Waals surface area contributed by atoms with Crippen LogP contribution in [0, 0.1) is 13.8 Å². The molecule has 2 N–H and O–H groups in total. The van der Waals surface area contributed by atoms with Crippen molar-refractivity contribution in [3.8, 4) is 11.3 Å². The summed E-state index contributed by atoms with van der Waals surface area (Å²) in [5, 5.41) is 6.59. The predicted octanol–water partition coefficient (Wildman–Crippen LogP) is 2.58. The molecular weight excluding hydrogens is 306 g/mol. The topological polar surface area (TPSA) is 88.0 Å². The van der Waals surface area contributed by atoms with E-state index in [0.29, 0.717) is 11.3 Å². The number of hydrogen-bond acceptors (Lipinski definition) is 4. The SMILES string of the molecule is Cc1cc(C)c(CNC(=O)c2cc(-c3ccccc3)no2)c(=O)[nH]1. The highest BCUT2D eigenvalue weighted by molar-refractivity contribution is 5.92. The number of aromatic amines is 1. The number of carbonyl (C=O) groups is 1. The van der Waals surface area contributed by atoms with E-state index in [2.05, 4.69) is 15.5 Å². The maximum atomic E-state index is 12.2. The van der Waals surface area contributed by atoms with Crippen LogP contribution in [0.3, 0.4) is 0 Å². The van der Waals surface area contributed by atoms with Crippen LogP contribution >= 0.6 is 0 Å². The largest absolute Gasteiger partial charge is 0.350 e. The predicted molar refractivity (Wildman–Crippen MR) is 89.6 cm³/mol. The third-order valence-corrected chi connectivity index (χ3v) is 3.72. The van der Waals surface area contributed by atoms with E-state index >= 15 is 0 Å². The standard InChI is InChI=1S/C18H17N3O3/c1-11-8-12(2)20-17(22)14(11)10-19-18(23)16-9-15(21-24-16)13-6-4-3-5-7-13/h3-9H,10H2,1-2H3,(H,19,23)(H,20,22). The number of benzene rings is 1. The second kappa shape index (κ2) is 6.54. The van der Waals surface area contributed by atoms with Crippen LogP contribution in [-0.2, 0) is 6.54 Å². The van der Waals surface area contributed by atoms with E-state index in [-0.39, 0.29) is 17.9 Å². The Labute approximate surface area is 138 Å². The summed E-state index contributed by atoms with van der Waals surface area (Å²) in [5.74, 6) is -0.306. The Morgan fingerprint density at radius 3 is 2.67 bits per heavy atom. The highest BCUT2D eigenvalue weighted by atomic mass is 16.5. The minimum Gasteiger partial charge on any atom is -0.350 e. The highest BCUT2D eigenvalue weighted by Gasteiger charge is 2.15. The Kier molecular flexibility index (Phi) is 4.29. The minimum atomic E-state index is -0.413. The van der Waals surface area contributed by atoms with Gasteiger partial charge in [0.1, 0.15) is 5.69 Å². The first-order valence-corrected chi connectivity index (χ1v) is 7.54. The molecule has 0 radical (unpaired) electrons.